The number of nitrogens with zero attached hydrogens (tertiary/aromatic N) is 2. The molecule has 0 radical (unpaired) electrons. The van der Waals surface area contributed by atoms with E-state index in [1.165, 1.54) is 19.3 Å². The molecule has 0 aromatic carbocycles. The molecule has 3 N–H and O–H groups in total. The molecule has 1 aromatic rings. The summed E-state index contributed by atoms with van der Waals surface area (Å²) in [5, 5.41) is 7.20. The molecule has 1 aromatic heterocycles. The van der Waals surface area contributed by atoms with E-state index < -0.39 is 0 Å². The van der Waals surface area contributed by atoms with E-state index in [2.05, 4.69) is 10.4 Å². The molecule has 0 saturated heterocycles. The molecule has 100 valence electrons. The highest BCUT2D eigenvalue weighted by Gasteiger charge is 2.20. The van der Waals surface area contributed by atoms with Gasteiger partial charge in [0, 0.05) is 13.1 Å². The van der Waals surface area contributed by atoms with Gasteiger partial charge >= 0.3 is 0 Å². The van der Waals surface area contributed by atoms with Crippen LogP contribution in [0.25, 0.3) is 0 Å². The van der Waals surface area contributed by atoms with E-state index in [1.807, 2.05) is 13.8 Å². The van der Waals surface area contributed by atoms with Gasteiger partial charge in [0.2, 0.25) is 0 Å². The van der Waals surface area contributed by atoms with Gasteiger partial charge in [0.25, 0.3) is 5.91 Å². The molecular formula is C13H22N4O. The van der Waals surface area contributed by atoms with E-state index in [-0.39, 0.29) is 5.91 Å². The Balaban J connectivity index is 1.94. The molecule has 1 heterocycles. The van der Waals surface area contributed by atoms with Crippen LogP contribution in [0.4, 0.5) is 5.69 Å². The summed E-state index contributed by atoms with van der Waals surface area (Å²) in [7, 11) is 0. The number of hydrogen-bond donors (Lipinski definition) is 2. The van der Waals surface area contributed by atoms with Crippen LogP contribution in [0.3, 0.4) is 0 Å². The number of carbonyl (C=O) groups excluding carboxylic acids is 1. The maximum Gasteiger partial charge on any atom is 0.271 e. The first-order valence-corrected chi connectivity index (χ1v) is 6.74. The second kappa shape index (κ2) is 5.42. The minimum absolute atomic E-state index is 0.103. The van der Waals surface area contributed by atoms with Crippen LogP contribution in [-0.2, 0) is 6.54 Å². The van der Waals surface area contributed by atoms with Crippen molar-refractivity contribution in [2.45, 2.75) is 46.1 Å². The predicted molar refractivity (Wildman–Crippen MR) is 71.3 cm³/mol. The highest BCUT2D eigenvalue weighted by atomic mass is 16.2. The van der Waals surface area contributed by atoms with Crippen molar-refractivity contribution < 1.29 is 4.79 Å². The smallest absolute Gasteiger partial charge is 0.271 e. The Morgan fingerprint density at radius 3 is 2.83 bits per heavy atom. The van der Waals surface area contributed by atoms with Crippen LogP contribution in [0, 0.1) is 12.8 Å². The van der Waals surface area contributed by atoms with Crippen LogP contribution in [0.5, 0.6) is 0 Å². The fourth-order valence-corrected chi connectivity index (χ4v) is 2.32. The first-order chi connectivity index (χ1) is 8.63. The number of anilines is 1. The zero-order valence-corrected chi connectivity index (χ0v) is 11.2. The summed E-state index contributed by atoms with van der Waals surface area (Å²) in [5.41, 5.74) is 7.63. The fraction of sp³-hybridized carbons (Fsp3) is 0.692. The Bertz CT molecular complexity index is 434. The summed E-state index contributed by atoms with van der Waals surface area (Å²) in [6.07, 6.45) is 5.03. The molecule has 0 aliphatic heterocycles. The van der Waals surface area contributed by atoms with Gasteiger partial charge < -0.3 is 11.1 Å². The van der Waals surface area contributed by atoms with E-state index in [1.54, 1.807) is 4.68 Å². The number of nitrogens with two attached hydrogens (primary N) is 1. The Morgan fingerprint density at radius 2 is 2.28 bits per heavy atom. The predicted octanol–water partition coefficient (Wildman–Crippen LogP) is 1.71. The first-order valence-electron chi connectivity index (χ1n) is 6.74. The van der Waals surface area contributed by atoms with Gasteiger partial charge in [-0.05, 0) is 26.2 Å². The van der Waals surface area contributed by atoms with Gasteiger partial charge in [-0.15, -0.1) is 0 Å². The molecule has 0 atom stereocenters. The zero-order chi connectivity index (χ0) is 13.1. The third-order valence-corrected chi connectivity index (χ3v) is 3.75. The summed E-state index contributed by atoms with van der Waals surface area (Å²) in [6, 6.07) is 0. The van der Waals surface area contributed by atoms with Gasteiger partial charge in [-0.2, -0.15) is 5.10 Å². The minimum Gasteiger partial charge on any atom is -0.395 e. The molecule has 1 saturated carbocycles. The number of hydrogen-bond acceptors (Lipinski definition) is 3. The van der Waals surface area contributed by atoms with Crippen LogP contribution in [-0.4, -0.2) is 22.2 Å². The number of amides is 1. The van der Waals surface area contributed by atoms with Gasteiger partial charge in [0.15, 0.2) is 0 Å². The van der Waals surface area contributed by atoms with Crippen LogP contribution >= 0.6 is 0 Å². The molecule has 1 fully saturated rings. The first kappa shape index (κ1) is 12.9. The highest BCUT2D eigenvalue weighted by Crippen LogP contribution is 2.28. The second-order valence-corrected chi connectivity index (χ2v) is 5.00. The fourth-order valence-electron chi connectivity index (χ4n) is 2.32. The van der Waals surface area contributed by atoms with E-state index in [0.29, 0.717) is 17.9 Å². The molecule has 1 amide bonds. The number of aryl methyl sites for hydroxylation is 2. The summed E-state index contributed by atoms with van der Waals surface area (Å²) in [6.45, 7) is 5.17. The topological polar surface area (TPSA) is 72.9 Å². The van der Waals surface area contributed by atoms with Crippen molar-refractivity contribution in [2.75, 3.05) is 12.3 Å². The quantitative estimate of drug-likeness (QED) is 0.835. The molecule has 0 bridgehead atoms. The molecule has 0 unspecified atom stereocenters. The zero-order valence-electron chi connectivity index (χ0n) is 11.2. The average Bonchev–Trinajstić information content (AvgIpc) is 2.58. The summed E-state index contributed by atoms with van der Waals surface area (Å²) in [5.74, 6) is 0.703. The maximum atomic E-state index is 12.1. The molecule has 1 aliphatic carbocycles. The molecule has 18 heavy (non-hydrogen) atoms. The lowest BCUT2D eigenvalue weighted by Gasteiger charge is -2.25. The van der Waals surface area contributed by atoms with Crippen molar-refractivity contribution in [2.24, 2.45) is 5.92 Å². The van der Waals surface area contributed by atoms with Crippen molar-refractivity contribution in [3.8, 4) is 0 Å². The van der Waals surface area contributed by atoms with Gasteiger partial charge in [0.05, 0.1) is 11.4 Å². The summed E-state index contributed by atoms with van der Waals surface area (Å²) >= 11 is 0. The van der Waals surface area contributed by atoms with Crippen LogP contribution < -0.4 is 11.1 Å². The maximum absolute atomic E-state index is 12.1. The number of nitrogen functional groups attached to an aromatic ring is 1. The Kier molecular flexibility index (Phi) is 3.89. The normalized spacial score (nSPS) is 15.4. The van der Waals surface area contributed by atoms with E-state index in [9.17, 15) is 4.79 Å². The third-order valence-electron chi connectivity index (χ3n) is 3.75. The van der Waals surface area contributed by atoms with Crippen LogP contribution in [0.15, 0.2) is 0 Å². The van der Waals surface area contributed by atoms with Gasteiger partial charge in [-0.3, -0.25) is 9.48 Å². The lowest BCUT2D eigenvalue weighted by Crippen LogP contribution is -2.29. The van der Waals surface area contributed by atoms with Gasteiger partial charge in [0.1, 0.15) is 5.69 Å². The SMILES string of the molecule is CCn1nc(C)c(N)c1C(=O)NCCC1CCC1. The monoisotopic (exact) mass is 250 g/mol. The van der Waals surface area contributed by atoms with Crippen molar-refractivity contribution in [3.05, 3.63) is 11.4 Å². The molecule has 0 spiro atoms. The Labute approximate surface area is 108 Å². The van der Waals surface area contributed by atoms with Crippen LogP contribution in [0.2, 0.25) is 0 Å². The minimum atomic E-state index is -0.103. The molecule has 5 nitrogen and oxygen atoms in total. The Morgan fingerprint density at radius 1 is 1.56 bits per heavy atom. The van der Waals surface area contributed by atoms with E-state index in [0.717, 1.165) is 24.6 Å². The average molecular weight is 250 g/mol. The third kappa shape index (κ3) is 2.49. The van der Waals surface area contributed by atoms with Crippen molar-refractivity contribution in [1.82, 2.24) is 15.1 Å². The van der Waals surface area contributed by atoms with Crippen LogP contribution in [0.1, 0.15) is 48.8 Å². The lowest BCUT2D eigenvalue weighted by molar-refractivity contribution is 0.0939. The van der Waals surface area contributed by atoms with E-state index in [4.69, 9.17) is 5.73 Å². The van der Waals surface area contributed by atoms with Crippen molar-refractivity contribution >= 4 is 11.6 Å². The van der Waals surface area contributed by atoms with Gasteiger partial charge in [-0.1, -0.05) is 19.3 Å². The number of rotatable bonds is 5. The van der Waals surface area contributed by atoms with Gasteiger partial charge in [-0.25, -0.2) is 0 Å². The molecular weight excluding hydrogens is 228 g/mol. The lowest BCUT2D eigenvalue weighted by atomic mass is 9.83. The largest absolute Gasteiger partial charge is 0.395 e. The molecule has 2 rings (SSSR count). The molecule has 5 heteroatoms. The number of carbonyl (C=O) groups is 1. The van der Waals surface area contributed by atoms with Crippen molar-refractivity contribution in [3.63, 3.8) is 0 Å². The van der Waals surface area contributed by atoms with E-state index >= 15 is 0 Å². The Hall–Kier alpha value is -1.52. The second-order valence-electron chi connectivity index (χ2n) is 5.00. The summed E-state index contributed by atoms with van der Waals surface area (Å²) < 4.78 is 1.67. The number of aromatic nitrogens is 2. The summed E-state index contributed by atoms with van der Waals surface area (Å²) in [4.78, 5) is 12.1. The number of nitrogens with one attached hydrogen (secondary N) is 1. The van der Waals surface area contributed by atoms with Crippen molar-refractivity contribution in [1.29, 1.82) is 0 Å². The standard InChI is InChI=1S/C13H22N4O/c1-3-17-12(11(14)9(2)16-17)13(18)15-8-7-10-5-4-6-10/h10H,3-8,14H2,1-2H3,(H,15,18). The molecule has 1 aliphatic rings. The highest BCUT2D eigenvalue weighted by molar-refractivity contribution is 5.97.